The summed E-state index contributed by atoms with van der Waals surface area (Å²) in [7, 11) is 0. The lowest BCUT2D eigenvalue weighted by Gasteiger charge is -2.40. The third-order valence-electron chi connectivity index (χ3n) is 5.65. The molecule has 1 N–H and O–H groups in total. The van der Waals surface area contributed by atoms with Gasteiger partial charge in [-0.25, -0.2) is 18.6 Å². The molecule has 0 saturated carbocycles. The van der Waals surface area contributed by atoms with E-state index in [2.05, 4.69) is 27.1 Å². The predicted molar refractivity (Wildman–Crippen MR) is 92.6 cm³/mol. The second-order valence-corrected chi connectivity index (χ2v) is 7.40. The summed E-state index contributed by atoms with van der Waals surface area (Å²) in [4.78, 5) is 22.9. The molecule has 0 bridgehead atoms. The molecule has 2 fully saturated rings. The maximum Gasteiger partial charge on any atom is 0.320 e. The van der Waals surface area contributed by atoms with Gasteiger partial charge in [0.2, 0.25) is 0 Å². The zero-order valence-electron chi connectivity index (χ0n) is 14.8. The molecule has 2 saturated heterocycles. The van der Waals surface area contributed by atoms with Gasteiger partial charge in [-0.1, -0.05) is 13.3 Å². The van der Waals surface area contributed by atoms with Gasteiger partial charge < -0.3 is 14.8 Å². The molecule has 0 aromatic carbocycles. The van der Waals surface area contributed by atoms with Gasteiger partial charge in [0.25, 0.3) is 5.92 Å². The first-order valence-electron chi connectivity index (χ1n) is 9.05. The Labute approximate surface area is 153 Å². The van der Waals surface area contributed by atoms with Crippen LogP contribution in [-0.4, -0.2) is 72.5 Å². The number of nitrogens with zero attached hydrogens (tertiary/aromatic N) is 6. The molecule has 0 aliphatic carbocycles. The van der Waals surface area contributed by atoms with Gasteiger partial charge >= 0.3 is 6.03 Å². The number of fused-ring (bicyclic) bond motifs is 3. The van der Waals surface area contributed by atoms with Crippen molar-refractivity contribution in [1.29, 1.82) is 0 Å². The Kier molecular flexibility index (Phi) is 3.40. The van der Waals surface area contributed by atoms with Crippen molar-refractivity contribution in [3.05, 3.63) is 24.3 Å². The normalized spacial score (nSPS) is 24.7. The number of amides is 2. The number of aromatic nitrogens is 5. The molecular weight excluding hydrogens is 356 g/mol. The summed E-state index contributed by atoms with van der Waals surface area (Å²) in [6, 6.07) is 1.60. The van der Waals surface area contributed by atoms with E-state index in [9.17, 15) is 13.6 Å². The molecule has 2 aliphatic rings. The van der Waals surface area contributed by atoms with Crippen molar-refractivity contribution in [3.8, 4) is 0 Å². The number of hydrogen-bond acceptors (Lipinski definition) is 4. The highest BCUT2D eigenvalue weighted by Gasteiger charge is 2.49. The number of carbonyl (C=O) groups excluding carboxylic acids is 1. The molecule has 3 aromatic rings. The van der Waals surface area contributed by atoms with Crippen LogP contribution < -0.4 is 0 Å². The van der Waals surface area contributed by atoms with Crippen LogP contribution in [0.5, 0.6) is 0 Å². The third-order valence-corrected chi connectivity index (χ3v) is 5.65. The largest absolute Gasteiger partial charge is 0.345 e. The Morgan fingerprint density at radius 2 is 2.11 bits per heavy atom. The number of alkyl halides is 2. The number of hydrogen-bond donors (Lipinski definition) is 1. The van der Waals surface area contributed by atoms with Crippen molar-refractivity contribution < 1.29 is 13.6 Å². The summed E-state index contributed by atoms with van der Waals surface area (Å²) in [6.07, 6.45) is 4.34. The first kappa shape index (κ1) is 16.4. The van der Waals surface area contributed by atoms with Crippen LogP contribution in [0.1, 0.15) is 25.1 Å². The molecule has 0 radical (unpaired) electrons. The van der Waals surface area contributed by atoms with Crippen molar-refractivity contribution in [2.24, 2.45) is 5.92 Å². The van der Waals surface area contributed by atoms with Crippen molar-refractivity contribution in [2.75, 3.05) is 26.2 Å². The molecule has 0 unspecified atom stereocenters. The van der Waals surface area contributed by atoms with Crippen LogP contribution in [0, 0.1) is 5.92 Å². The first-order valence-corrected chi connectivity index (χ1v) is 9.05. The molecule has 0 spiro atoms. The van der Waals surface area contributed by atoms with Gasteiger partial charge in [0.1, 0.15) is 5.82 Å². The zero-order valence-corrected chi connectivity index (χ0v) is 14.8. The van der Waals surface area contributed by atoms with E-state index in [4.69, 9.17) is 0 Å². The number of H-pyrrole nitrogens is 1. The summed E-state index contributed by atoms with van der Waals surface area (Å²) in [5.41, 5.74) is 2.28. The topological polar surface area (TPSA) is 82.4 Å². The van der Waals surface area contributed by atoms with E-state index in [1.54, 1.807) is 11.1 Å². The summed E-state index contributed by atoms with van der Waals surface area (Å²) < 4.78 is 28.2. The van der Waals surface area contributed by atoms with E-state index in [1.165, 1.54) is 4.90 Å². The number of likely N-dealkylation sites (tertiary alicyclic amines) is 2. The lowest BCUT2D eigenvalue weighted by atomic mass is 9.93. The van der Waals surface area contributed by atoms with Gasteiger partial charge in [0, 0.05) is 25.2 Å². The predicted octanol–water partition coefficient (Wildman–Crippen LogP) is 2.10. The highest BCUT2D eigenvalue weighted by molar-refractivity contribution is 5.76. The Hall–Kier alpha value is -2.78. The van der Waals surface area contributed by atoms with E-state index in [0.29, 0.717) is 18.7 Å². The van der Waals surface area contributed by atoms with Crippen LogP contribution in [0.25, 0.3) is 16.8 Å². The van der Waals surface area contributed by atoms with E-state index >= 15 is 0 Å². The Bertz CT molecular complexity index is 1020. The summed E-state index contributed by atoms with van der Waals surface area (Å²) in [5.74, 6) is -1.77. The average molecular weight is 375 g/mol. The molecule has 8 nitrogen and oxygen atoms in total. The van der Waals surface area contributed by atoms with Gasteiger partial charge in [-0.05, 0) is 12.0 Å². The van der Waals surface area contributed by atoms with E-state index in [-0.39, 0.29) is 17.9 Å². The van der Waals surface area contributed by atoms with Gasteiger partial charge in [-0.2, -0.15) is 0 Å². The third kappa shape index (κ3) is 2.46. The van der Waals surface area contributed by atoms with Gasteiger partial charge in [-0.3, -0.25) is 4.40 Å². The standard InChI is InChI=1S/C17H19F2N7O/c1-2-10-6-24(16(27)25-8-17(18,19)9-25)7-11(10)15-23-22-13-5-21-14-12(26(13)15)3-4-20-14/h3-5,10-11,20H,2,6-9H2,1H3/t10-,11+/m1/s1. The van der Waals surface area contributed by atoms with Crippen LogP contribution >= 0.6 is 0 Å². The average Bonchev–Trinajstić information content (AvgIpc) is 3.33. The highest BCUT2D eigenvalue weighted by Crippen LogP contribution is 2.36. The molecule has 5 heterocycles. The smallest absolute Gasteiger partial charge is 0.320 e. The van der Waals surface area contributed by atoms with Crippen LogP contribution in [0.15, 0.2) is 18.5 Å². The molecule has 2 aliphatic heterocycles. The second kappa shape index (κ2) is 5.61. The molecule has 142 valence electrons. The van der Waals surface area contributed by atoms with Crippen LogP contribution in [-0.2, 0) is 0 Å². The maximum absolute atomic E-state index is 13.1. The summed E-state index contributed by atoms with van der Waals surface area (Å²) in [6.45, 7) is 2.08. The number of nitrogens with one attached hydrogen (secondary N) is 1. The van der Waals surface area contributed by atoms with Crippen molar-refractivity contribution in [3.63, 3.8) is 0 Å². The SMILES string of the molecule is CC[C@@H]1CN(C(=O)N2CC(F)(F)C2)C[C@@H]1c1nnc2cnc3[nH]ccc3n12. The molecule has 3 aromatic heterocycles. The number of aromatic amines is 1. The minimum absolute atomic E-state index is 0.00348. The fraction of sp³-hybridized carbons (Fsp3) is 0.529. The number of carbonyl (C=O) groups is 1. The van der Waals surface area contributed by atoms with Crippen molar-refractivity contribution >= 4 is 22.8 Å². The van der Waals surface area contributed by atoms with E-state index in [1.807, 2.05) is 16.7 Å². The molecule has 2 amide bonds. The van der Waals surface area contributed by atoms with Gasteiger partial charge in [-0.15, -0.1) is 10.2 Å². The lowest BCUT2D eigenvalue weighted by Crippen LogP contribution is -2.61. The number of rotatable bonds is 2. The maximum atomic E-state index is 13.1. The second-order valence-electron chi connectivity index (χ2n) is 7.40. The summed E-state index contributed by atoms with van der Waals surface area (Å²) in [5, 5.41) is 8.63. The Morgan fingerprint density at radius 1 is 1.30 bits per heavy atom. The monoisotopic (exact) mass is 375 g/mol. The lowest BCUT2D eigenvalue weighted by molar-refractivity contribution is -0.113. The van der Waals surface area contributed by atoms with Crippen LogP contribution in [0.4, 0.5) is 13.6 Å². The zero-order chi connectivity index (χ0) is 18.8. The number of halogens is 2. The van der Waals surface area contributed by atoms with E-state index in [0.717, 1.165) is 23.4 Å². The first-order chi connectivity index (χ1) is 13.0. The van der Waals surface area contributed by atoms with Crippen molar-refractivity contribution in [1.82, 2.24) is 34.4 Å². The molecule has 27 heavy (non-hydrogen) atoms. The minimum atomic E-state index is -2.75. The van der Waals surface area contributed by atoms with Gasteiger partial charge in [0.15, 0.2) is 11.3 Å². The molecule has 5 rings (SSSR count). The quantitative estimate of drug-likeness (QED) is 0.744. The van der Waals surface area contributed by atoms with Crippen LogP contribution in [0.2, 0.25) is 0 Å². The molecular formula is C17H19F2N7O. The molecule has 10 heteroatoms. The van der Waals surface area contributed by atoms with E-state index < -0.39 is 19.0 Å². The number of urea groups is 1. The minimum Gasteiger partial charge on any atom is -0.345 e. The fourth-order valence-electron chi connectivity index (χ4n) is 4.22. The molecule has 2 atom stereocenters. The Morgan fingerprint density at radius 3 is 2.85 bits per heavy atom. The summed E-state index contributed by atoms with van der Waals surface area (Å²) >= 11 is 0. The Balaban J connectivity index is 1.47. The van der Waals surface area contributed by atoms with Gasteiger partial charge in [0.05, 0.1) is 24.8 Å². The fourth-order valence-corrected chi connectivity index (χ4v) is 4.22. The van der Waals surface area contributed by atoms with Crippen molar-refractivity contribution in [2.45, 2.75) is 25.2 Å². The highest BCUT2D eigenvalue weighted by atomic mass is 19.3. The van der Waals surface area contributed by atoms with Crippen LogP contribution in [0.3, 0.4) is 0 Å².